The number of halogens is 1. The highest BCUT2D eigenvalue weighted by molar-refractivity contribution is 7.28. The van der Waals surface area contributed by atoms with Crippen molar-refractivity contribution in [3.8, 4) is 11.8 Å². The maximum Gasteiger partial charge on any atom is 0.251 e. The zero-order valence-corrected chi connectivity index (χ0v) is 23.7. The van der Waals surface area contributed by atoms with Crippen molar-refractivity contribution < 1.29 is 9.53 Å². The molecular formula is C28H33ClN5O2P. The second-order valence-corrected chi connectivity index (χ2v) is 11.6. The first-order valence-electron chi connectivity index (χ1n) is 13.3. The summed E-state index contributed by atoms with van der Waals surface area (Å²) in [5.41, 5.74) is 8.96. The van der Waals surface area contributed by atoms with Crippen molar-refractivity contribution in [3.63, 3.8) is 0 Å². The predicted octanol–water partition coefficient (Wildman–Crippen LogP) is 4.24. The zero-order valence-electron chi connectivity index (χ0n) is 21.8. The number of carbonyl (C=O) groups is 1. The van der Waals surface area contributed by atoms with Crippen LogP contribution in [-0.4, -0.2) is 45.4 Å². The lowest BCUT2D eigenvalue weighted by Gasteiger charge is -2.42. The number of nitrogens with one attached hydrogen (secondary N) is 1. The third kappa shape index (κ3) is 4.02. The van der Waals surface area contributed by atoms with E-state index in [0.29, 0.717) is 24.2 Å². The first-order valence-corrected chi connectivity index (χ1v) is 14.2. The number of fused-ring (bicyclic) bond motifs is 4. The van der Waals surface area contributed by atoms with Gasteiger partial charge >= 0.3 is 0 Å². The fraction of sp³-hybridized carbons (Fsp3) is 0.500. The molecule has 7 nitrogen and oxygen atoms in total. The number of aryl methyl sites for hydroxylation is 1. The van der Waals surface area contributed by atoms with E-state index >= 15 is 0 Å². The molecule has 0 radical (unpaired) electrons. The topological polar surface area (TPSA) is 80.2 Å². The second kappa shape index (κ2) is 9.44. The zero-order chi connectivity index (χ0) is 26.0. The Bertz CT molecular complexity index is 1390. The number of pyridine rings is 1. The van der Waals surface area contributed by atoms with Gasteiger partial charge in [-0.05, 0) is 76.6 Å². The van der Waals surface area contributed by atoms with Crippen LogP contribution in [0, 0.1) is 17.8 Å². The summed E-state index contributed by atoms with van der Waals surface area (Å²) in [5.74, 6) is 1.98. The van der Waals surface area contributed by atoms with Gasteiger partial charge in [0.25, 0.3) is 5.91 Å². The monoisotopic (exact) mass is 537 g/mol. The van der Waals surface area contributed by atoms with E-state index < -0.39 is 0 Å². The molecule has 0 aromatic carbocycles. The molecule has 1 amide bonds. The number of hydrogen-bond acceptors (Lipinski definition) is 6. The van der Waals surface area contributed by atoms with Gasteiger partial charge in [-0.3, -0.25) is 9.69 Å². The molecule has 2 aliphatic carbocycles. The highest BCUT2D eigenvalue weighted by atomic mass is 35.5. The van der Waals surface area contributed by atoms with Gasteiger partial charge in [0.05, 0.1) is 11.3 Å². The van der Waals surface area contributed by atoms with E-state index in [1.165, 1.54) is 22.3 Å². The van der Waals surface area contributed by atoms with E-state index in [9.17, 15) is 4.79 Å². The van der Waals surface area contributed by atoms with Crippen LogP contribution in [0.3, 0.4) is 0 Å². The van der Waals surface area contributed by atoms with Crippen molar-refractivity contribution in [1.29, 1.82) is 0 Å². The Morgan fingerprint density at radius 3 is 2.76 bits per heavy atom. The molecule has 9 heteroatoms. The minimum atomic E-state index is 0.0707. The van der Waals surface area contributed by atoms with Gasteiger partial charge in [0.2, 0.25) is 17.0 Å². The van der Waals surface area contributed by atoms with Crippen LogP contribution in [0.4, 0.5) is 0 Å². The fourth-order valence-electron chi connectivity index (χ4n) is 6.63. The normalized spacial score (nSPS) is 25.2. The molecular weight excluding hydrogens is 505 g/mol. The predicted molar refractivity (Wildman–Crippen MR) is 148 cm³/mol. The van der Waals surface area contributed by atoms with Gasteiger partial charge in [0, 0.05) is 43.1 Å². The maximum absolute atomic E-state index is 13.1. The molecule has 6 rings (SSSR count). The number of aromatic nitrogens is 3. The third-order valence-corrected chi connectivity index (χ3v) is 9.43. The molecule has 4 atom stereocenters. The van der Waals surface area contributed by atoms with E-state index in [0.717, 1.165) is 66.6 Å². The van der Waals surface area contributed by atoms with Crippen LogP contribution >= 0.6 is 20.8 Å². The lowest BCUT2D eigenvalue weighted by molar-refractivity contribution is -0.118. The quantitative estimate of drug-likeness (QED) is 0.466. The average Bonchev–Trinajstić information content (AvgIpc) is 2.89. The Hall–Kier alpha value is -2.34. The van der Waals surface area contributed by atoms with Crippen molar-refractivity contribution >= 4 is 37.6 Å². The molecule has 37 heavy (non-hydrogen) atoms. The number of ether oxygens (including phenoxy) is 1. The number of rotatable bonds is 3. The lowest BCUT2D eigenvalue weighted by atomic mass is 9.64. The number of nitrogens with zero attached hydrogens (tertiary/aromatic N) is 4. The van der Waals surface area contributed by atoms with Crippen LogP contribution in [0.2, 0.25) is 5.28 Å². The third-order valence-electron chi connectivity index (χ3n) is 8.73. The molecule has 0 saturated heterocycles. The summed E-state index contributed by atoms with van der Waals surface area (Å²) >= 11 is 6.30. The van der Waals surface area contributed by atoms with Gasteiger partial charge in [0.15, 0.2) is 0 Å². The maximum atomic E-state index is 13.1. The fourth-order valence-corrected chi connectivity index (χ4v) is 7.29. The number of hydrogen-bond donors (Lipinski definition) is 1. The molecule has 2 aromatic heterocycles. The molecule has 3 unspecified atom stereocenters. The van der Waals surface area contributed by atoms with Crippen LogP contribution in [0.5, 0.6) is 11.8 Å². The summed E-state index contributed by atoms with van der Waals surface area (Å²) in [6.07, 6.45) is 4.45. The molecule has 4 aliphatic rings. The average molecular weight is 538 g/mol. The summed E-state index contributed by atoms with van der Waals surface area (Å²) in [6, 6.07) is 0. The van der Waals surface area contributed by atoms with Crippen LogP contribution in [0.25, 0.3) is 5.57 Å². The van der Waals surface area contributed by atoms with Crippen LogP contribution < -0.4 is 15.4 Å². The summed E-state index contributed by atoms with van der Waals surface area (Å²) in [5, 5.41) is 4.22. The van der Waals surface area contributed by atoms with Gasteiger partial charge in [-0.2, -0.15) is 4.98 Å². The summed E-state index contributed by atoms with van der Waals surface area (Å²) in [6.45, 7) is 12.3. The highest BCUT2D eigenvalue weighted by Crippen LogP contribution is 2.51. The Kier molecular flexibility index (Phi) is 6.37. The van der Waals surface area contributed by atoms with Gasteiger partial charge < -0.3 is 10.1 Å². The van der Waals surface area contributed by atoms with Gasteiger partial charge in [-0.1, -0.05) is 36.9 Å². The number of likely N-dealkylation sites (N-methyl/N-ethyl adjacent to an activating group) is 1. The molecule has 2 aromatic rings. The van der Waals surface area contributed by atoms with E-state index in [-0.39, 0.29) is 23.0 Å². The second-order valence-electron chi connectivity index (χ2n) is 10.7. The van der Waals surface area contributed by atoms with Crippen LogP contribution in [0.1, 0.15) is 56.5 Å². The Balaban J connectivity index is 1.46. The molecule has 4 heterocycles. The molecule has 1 N–H and O–H groups in total. The summed E-state index contributed by atoms with van der Waals surface area (Å²) < 4.78 is 6.43. The summed E-state index contributed by atoms with van der Waals surface area (Å²) in [4.78, 5) is 29.1. The summed E-state index contributed by atoms with van der Waals surface area (Å²) in [7, 11) is 2.87. The first kappa shape index (κ1) is 25.0. The van der Waals surface area contributed by atoms with E-state index in [1.54, 1.807) is 0 Å². The lowest BCUT2D eigenvalue weighted by Crippen LogP contribution is -2.42. The minimum absolute atomic E-state index is 0.0707. The van der Waals surface area contributed by atoms with Crippen LogP contribution in [-0.2, 0) is 24.2 Å². The van der Waals surface area contributed by atoms with Crippen LogP contribution in [0.15, 0.2) is 22.9 Å². The largest absolute Gasteiger partial charge is 0.419 e. The van der Waals surface area contributed by atoms with Gasteiger partial charge in [0.1, 0.15) is 0 Å². The van der Waals surface area contributed by atoms with E-state index in [1.807, 2.05) is 6.20 Å². The van der Waals surface area contributed by atoms with Gasteiger partial charge in [-0.25, -0.2) is 9.97 Å². The molecule has 0 saturated carbocycles. The van der Waals surface area contributed by atoms with Gasteiger partial charge in [-0.15, -0.1) is 0 Å². The molecule has 0 spiro atoms. The van der Waals surface area contributed by atoms with Crippen molar-refractivity contribution in [3.05, 3.63) is 50.6 Å². The van der Waals surface area contributed by atoms with Crippen molar-refractivity contribution in [2.75, 3.05) is 19.6 Å². The Morgan fingerprint density at radius 1 is 1.16 bits per heavy atom. The molecule has 2 aliphatic heterocycles. The Morgan fingerprint density at radius 2 is 1.97 bits per heavy atom. The SMILES string of the molecule is CCN1CCc2nc(Cl)nc(Oc3ncc4c(c3P)C3=C(CC4)C4=C(C(C)C3C)[C@@H](C)CNC4=O)c2C1. The van der Waals surface area contributed by atoms with Crippen molar-refractivity contribution in [2.24, 2.45) is 17.8 Å². The Labute approximate surface area is 225 Å². The number of amides is 1. The first-order chi connectivity index (χ1) is 17.8. The smallest absolute Gasteiger partial charge is 0.251 e. The standard InChI is InChI=1S/C28H33ClN5O2P/c1-5-34-9-8-19-18(12-34)26(33-28(29)32-19)36-27-24(37)22-16(11-31-27)6-7-17-21(22)15(4)14(3)20-13(2)10-30-25(35)23(17)20/h11,13-15H,5-10,12,37H2,1-4H3,(H,30,35)/t13-,14?,15?/m0/s1. The van der Waals surface area contributed by atoms with E-state index in [4.69, 9.17) is 21.3 Å². The molecule has 194 valence electrons. The van der Waals surface area contributed by atoms with Crippen molar-refractivity contribution in [2.45, 2.75) is 53.5 Å². The minimum Gasteiger partial charge on any atom is -0.419 e. The number of carbonyl (C=O) groups excluding carboxylic acids is 1. The molecule has 0 fully saturated rings. The van der Waals surface area contributed by atoms with E-state index in [2.05, 4.69) is 57.1 Å². The highest BCUT2D eigenvalue weighted by Gasteiger charge is 2.42. The molecule has 0 bridgehead atoms. The van der Waals surface area contributed by atoms with Crippen molar-refractivity contribution in [1.82, 2.24) is 25.2 Å². The number of allylic oxidation sites excluding steroid dienone is 1.